The van der Waals surface area contributed by atoms with E-state index in [0.29, 0.717) is 0 Å². The Morgan fingerprint density at radius 2 is 1.54 bits per heavy atom. The zero-order valence-corrected chi connectivity index (χ0v) is 14.4. The van der Waals surface area contributed by atoms with Gasteiger partial charge < -0.3 is 4.74 Å². The smallest absolute Gasteiger partial charge is 0.339 e. The van der Waals surface area contributed by atoms with Gasteiger partial charge in [0.05, 0.1) is 21.6 Å². The second-order valence-electron chi connectivity index (χ2n) is 5.38. The summed E-state index contributed by atoms with van der Waals surface area (Å²) in [5.74, 6) is -1.85. The first-order chi connectivity index (χ1) is 12.3. The second-order valence-corrected chi connectivity index (χ2v) is 7.26. The van der Waals surface area contributed by atoms with Crippen LogP contribution in [0.25, 0.3) is 0 Å². The molecule has 0 unspecified atom stereocenters. The molecule has 1 heterocycles. The van der Waals surface area contributed by atoms with Crippen LogP contribution in [0.2, 0.25) is 0 Å². The molecular weight excluding hydrogens is 360 g/mol. The van der Waals surface area contributed by atoms with Gasteiger partial charge in [0.15, 0.2) is 6.73 Å². The normalized spacial score (nSPS) is 13.7. The number of hydrogen-bond donors (Lipinski definition) is 1. The summed E-state index contributed by atoms with van der Waals surface area (Å²) in [6.07, 6.45) is 0. The fourth-order valence-corrected chi connectivity index (χ4v) is 3.18. The lowest BCUT2D eigenvalue weighted by molar-refractivity contribution is 0.0228. The van der Waals surface area contributed by atoms with E-state index in [2.05, 4.69) is 4.72 Å². The Bertz CT molecular complexity index is 963. The van der Waals surface area contributed by atoms with Crippen LogP contribution in [0.5, 0.6) is 0 Å². The van der Waals surface area contributed by atoms with Crippen LogP contribution in [0.1, 0.15) is 31.1 Å². The summed E-state index contributed by atoms with van der Waals surface area (Å²) in [4.78, 5) is 37.3. The molecule has 3 rings (SSSR count). The summed E-state index contributed by atoms with van der Waals surface area (Å²) in [6, 6.07) is 11.4. The molecule has 134 valence electrons. The highest BCUT2D eigenvalue weighted by Crippen LogP contribution is 2.22. The van der Waals surface area contributed by atoms with Crippen molar-refractivity contribution >= 4 is 27.8 Å². The lowest BCUT2D eigenvalue weighted by atomic mass is 10.1. The van der Waals surface area contributed by atoms with Crippen molar-refractivity contribution in [1.82, 2.24) is 9.62 Å². The summed E-state index contributed by atoms with van der Waals surface area (Å²) in [7, 11) is -2.33. The molecule has 1 aliphatic rings. The van der Waals surface area contributed by atoms with Gasteiger partial charge in [0.1, 0.15) is 0 Å². The minimum Gasteiger partial charge on any atom is -0.440 e. The van der Waals surface area contributed by atoms with Crippen molar-refractivity contribution in [3.63, 3.8) is 0 Å². The second kappa shape index (κ2) is 6.70. The van der Waals surface area contributed by atoms with Crippen molar-refractivity contribution in [3.05, 3.63) is 65.2 Å². The third-order valence-electron chi connectivity index (χ3n) is 3.87. The minimum absolute atomic E-state index is 0.00287. The van der Waals surface area contributed by atoms with Gasteiger partial charge in [0.25, 0.3) is 11.8 Å². The van der Waals surface area contributed by atoms with Crippen LogP contribution >= 0.6 is 0 Å². The van der Waals surface area contributed by atoms with Crippen molar-refractivity contribution < 1.29 is 27.5 Å². The highest BCUT2D eigenvalue weighted by Gasteiger charge is 2.35. The van der Waals surface area contributed by atoms with Crippen LogP contribution in [-0.2, 0) is 14.8 Å². The first-order valence-corrected chi connectivity index (χ1v) is 8.99. The lowest BCUT2D eigenvalue weighted by Crippen LogP contribution is -2.33. The van der Waals surface area contributed by atoms with Gasteiger partial charge in [-0.15, -0.1) is 0 Å². The summed E-state index contributed by atoms with van der Waals surface area (Å²) in [6.45, 7) is -0.526. The molecule has 2 amide bonds. The molecule has 0 saturated heterocycles. The molecule has 0 spiro atoms. The summed E-state index contributed by atoms with van der Waals surface area (Å²) in [5.41, 5.74) is 0.613. The quantitative estimate of drug-likeness (QED) is 0.618. The molecule has 0 bridgehead atoms. The number of fused-ring (bicyclic) bond motifs is 1. The number of ether oxygens (including phenoxy) is 1. The van der Waals surface area contributed by atoms with Crippen LogP contribution in [0.15, 0.2) is 53.4 Å². The minimum atomic E-state index is -3.61. The maximum Gasteiger partial charge on any atom is 0.339 e. The van der Waals surface area contributed by atoms with E-state index in [9.17, 15) is 22.8 Å². The zero-order valence-electron chi connectivity index (χ0n) is 13.6. The average molecular weight is 374 g/mol. The fourth-order valence-electron chi connectivity index (χ4n) is 2.45. The average Bonchev–Trinajstić information content (AvgIpc) is 2.91. The number of sulfonamides is 1. The van der Waals surface area contributed by atoms with Gasteiger partial charge in [-0.3, -0.25) is 9.59 Å². The molecule has 8 nitrogen and oxygen atoms in total. The highest BCUT2D eigenvalue weighted by atomic mass is 32.2. The molecule has 2 aromatic carbocycles. The van der Waals surface area contributed by atoms with Crippen LogP contribution in [0.3, 0.4) is 0 Å². The van der Waals surface area contributed by atoms with Crippen LogP contribution in [0, 0.1) is 0 Å². The van der Waals surface area contributed by atoms with E-state index in [1.54, 1.807) is 12.1 Å². The maximum atomic E-state index is 12.2. The van der Waals surface area contributed by atoms with Crippen LogP contribution in [-0.4, -0.2) is 44.9 Å². The summed E-state index contributed by atoms with van der Waals surface area (Å²) in [5, 5.41) is 0. The fraction of sp³-hybridized carbons (Fsp3) is 0.118. The van der Waals surface area contributed by atoms with Crippen molar-refractivity contribution in [2.75, 3.05) is 13.8 Å². The number of esters is 1. The third-order valence-corrected chi connectivity index (χ3v) is 5.30. The van der Waals surface area contributed by atoms with E-state index in [1.165, 1.54) is 43.4 Å². The summed E-state index contributed by atoms with van der Waals surface area (Å²) < 4.78 is 30.5. The molecule has 0 atom stereocenters. The van der Waals surface area contributed by atoms with Gasteiger partial charge in [0, 0.05) is 0 Å². The van der Waals surface area contributed by atoms with Gasteiger partial charge in [-0.1, -0.05) is 12.1 Å². The molecule has 0 aliphatic carbocycles. The molecule has 26 heavy (non-hydrogen) atoms. The number of nitrogens with zero attached hydrogens (tertiary/aromatic N) is 1. The lowest BCUT2D eigenvalue weighted by Gasteiger charge is -2.14. The molecule has 0 aromatic heterocycles. The first-order valence-electron chi connectivity index (χ1n) is 7.51. The summed E-state index contributed by atoms with van der Waals surface area (Å²) >= 11 is 0. The van der Waals surface area contributed by atoms with E-state index in [-0.39, 0.29) is 21.6 Å². The largest absolute Gasteiger partial charge is 0.440 e. The van der Waals surface area contributed by atoms with Gasteiger partial charge >= 0.3 is 5.97 Å². The van der Waals surface area contributed by atoms with Gasteiger partial charge in [-0.25, -0.2) is 22.8 Å². The monoisotopic (exact) mass is 374 g/mol. The van der Waals surface area contributed by atoms with Gasteiger partial charge in [0.2, 0.25) is 10.0 Å². The Morgan fingerprint density at radius 1 is 1.00 bits per heavy atom. The number of hydrogen-bond acceptors (Lipinski definition) is 6. The topological polar surface area (TPSA) is 110 Å². The Labute approximate surface area is 149 Å². The molecule has 0 fully saturated rings. The van der Waals surface area contributed by atoms with E-state index in [0.717, 1.165) is 4.90 Å². The van der Waals surface area contributed by atoms with Crippen molar-refractivity contribution in [2.24, 2.45) is 0 Å². The highest BCUT2D eigenvalue weighted by molar-refractivity contribution is 7.89. The van der Waals surface area contributed by atoms with Gasteiger partial charge in [-0.2, -0.15) is 0 Å². The number of carbonyl (C=O) groups excluding carboxylic acids is 3. The molecule has 2 aromatic rings. The Kier molecular flexibility index (Phi) is 4.58. The van der Waals surface area contributed by atoms with E-state index >= 15 is 0 Å². The number of amides is 2. The molecule has 1 aliphatic heterocycles. The van der Waals surface area contributed by atoms with Crippen LogP contribution < -0.4 is 4.72 Å². The number of nitrogens with one attached hydrogen (secondary N) is 1. The number of carbonyl (C=O) groups is 3. The van der Waals surface area contributed by atoms with Crippen molar-refractivity contribution in [1.29, 1.82) is 0 Å². The first kappa shape index (κ1) is 17.8. The molecule has 0 saturated carbocycles. The number of imide groups is 1. The Balaban J connectivity index is 1.69. The predicted molar refractivity (Wildman–Crippen MR) is 89.9 cm³/mol. The molecule has 0 radical (unpaired) electrons. The predicted octanol–water partition coefficient (Wildman–Crippen LogP) is 1.01. The standard InChI is InChI=1S/C17H14N2O6S/c1-18-26(23,24)12-8-6-11(7-9-12)17(22)25-10-19-15(20)13-4-2-3-5-14(13)16(19)21/h2-9,18H,10H2,1H3. The van der Waals surface area contributed by atoms with Crippen LogP contribution in [0.4, 0.5) is 0 Å². The van der Waals surface area contributed by atoms with Gasteiger partial charge in [-0.05, 0) is 43.4 Å². The number of rotatable bonds is 5. The van der Waals surface area contributed by atoms with E-state index < -0.39 is 34.5 Å². The SMILES string of the molecule is CNS(=O)(=O)c1ccc(C(=O)OCN2C(=O)c3ccccc3C2=O)cc1. The zero-order chi connectivity index (χ0) is 18.9. The van der Waals surface area contributed by atoms with E-state index in [1.807, 2.05) is 0 Å². The van der Waals surface area contributed by atoms with Crippen molar-refractivity contribution in [3.8, 4) is 0 Å². The maximum absolute atomic E-state index is 12.2. The van der Waals surface area contributed by atoms with E-state index in [4.69, 9.17) is 4.74 Å². The number of benzene rings is 2. The molecule has 1 N–H and O–H groups in total. The Hall–Kier alpha value is -3.04. The Morgan fingerprint density at radius 3 is 2.04 bits per heavy atom. The molecule has 9 heteroatoms. The van der Waals surface area contributed by atoms with Crippen molar-refractivity contribution in [2.45, 2.75) is 4.90 Å². The third kappa shape index (κ3) is 3.09. The molecular formula is C17H14N2O6S.